The molecule has 0 fully saturated rings. The maximum absolute atomic E-state index is 12.9. The van der Waals surface area contributed by atoms with Crippen LogP contribution >= 0.6 is 27.3 Å². The zero-order valence-corrected chi connectivity index (χ0v) is 18.6. The summed E-state index contributed by atoms with van der Waals surface area (Å²) >= 11 is 4.83. The monoisotopic (exact) mass is 477 g/mol. The number of aromatic nitrogens is 1. The zero-order valence-electron chi connectivity index (χ0n) is 16.2. The summed E-state index contributed by atoms with van der Waals surface area (Å²) in [6.07, 6.45) is 2.99. The van der Waals surface area contributed by atoms with E-state index in [9.17, 15) is 4.79 Å². The van der Waals surface area contributed by atoms with Gasteiger partial charge in [0, 0.05) is 15.6 Å². The molecule has 1 unspecified atom stereocenters. The predicted molar refractivity (Wildman–Crippen MR) is 127 cm³/mol. The fourth-order valence-corrected chi connectivity index (χ4v) is 5.49. The second-order valence-corrected chi connectivity index (χ2v) is 9.43. The first kappa shape index (κ1) is 19.3. The fourth-order valence-electron chi connectivity index (χ4n) is 4.11. The summed E-state index contributed by atoms with van der Waals surface area (Å²) in [5.74, 6) is 0.290. The van der Waals surface area contributed by atoms with Gasteiger partial charge >= 0.3 is 0 Å². The highest BCUT2D eigenvalue weighted by molar-refractivity contribution is 9.10. The third kappa shape index (κ3) is 3.50. The van der Waals surface area contributed by atoms with Gasteiger partial charge in [0.15, 0.2) is 0 Å². The van der Waals surface area contributed by atoms with Crippen molar-refractivity contribution in [2.75, 3.05) is 11.1 Å². The van der Waals surface area contributed by atoms with E-state index >= 15 is 0 Å². The van der Waals surface area contributed by atoms with E-state index < -0.39 is 0 Å². The number of nitrogens with zero attached hydrogens (tertiary/aromatic N) is 1. The molecule has 1 aliphatic carbocycles. The highest BCUT2D eigenvalue weighted by Crippen LogP contribution is 2.38. The Morgan fingerprint density at radius 3 is 2.70 bits per heavy atom. The van der Waals surface area contributed by atoms with Gasteiger partial charge in [-0.1, -0.05) is 42.5 Å². The van der Waals surface area contributed by atoms with E-state index in [4.69, 9.17) is 10.7 Å². The molecule has 6 heteroatoms. The molecular weight excluding hydrogens is 458 g/mol. The summed E-state index contributed by atoms with van der Waals surface area (Å²) in [7, 11) is 0. The van der Waals surface area contributed by atoms with Gasteiger partial charge in [-0.05, 0) is 70.4 Å². The highest BCUT2D eigenvalue weighted by Gasteiger charge is 2.24. The normalized spacial score (nSPS) is 15.7. The Morgan fingerprint density at radius 1 is 1.13 bits per heavy atom. The minimum absolute atomic E-state index is 0.206. The molecule has 4 aromatic rings. The summed E-state index contributed by atoms with van der Waals surface area (Å²) < 4.78 is 0.832. The lowest BCUT2D eigenvalue weighted by molar-refractivity contribution is 0.103. The van der Waals surface area contributed by atoms with E-state index in [1.807, 2.05) is 24.3 Å². The zero-order chi connectivity index (χ0) is 20.7. The lowest BCUT2D eigenvalue weighted by Crippen LogP contribution is -2.14. The topological polar surface area (TPSA) is 68.0 Å². The van der Waals surface area contributed by atoms with Crippen molar-refractivity contribution < 1.29 is 4.79 Å². The van der Waals surface area contributed by atoms with Crippen LogP contribution in [0, 0.1) is 0 Å². The number of thiophene rings is 1. The minimum Gasteiger partial charge on any atom is -0.397 e. The molecule has 0 bridgehead atoms. The maximum Gasteiger partial charge on any atom is 0.267 e. The molecule has 5 rings (SSSR count). The molecule has 0 saturated heterocycles. The van der Waals surface area contributed by atoms with Gasteiger partial charge in [-0.2, -0.15) is 0 Å². The van der Waals surface area contributed by atoms with Gasteiger partial charge in [0.1, 0.15) is 9.71 Å². The molecule has 2 heterocycles. The summed E-state index contributed by atoms with van der Waals surface area (Å²) in [5, 5.41) is 3.82. The Kier molecular flexibility index (Phi) is 5.05. The third-order valence-corrected chi connectivity index (χ3v) is 7.49. The quantitative estimate of drug-likeness (QED) is 0.370. The first-order chi connectivity index (χ1) is 14.6. The molecule has 0 radical (unpaired) electrons. The first-order valence-electron chi connectivity index (χ1n) is 9.91. The number of nitrogens with two attached hydrogens (primary N) is 1. The molecule has 2 aromatic carbocycles. The van der Waals surface area contributed by atoms with Crippen molar-refractivity contribution in [3.05, 3.63) is 86.8 Å². The maximum atomic E-state index is 12.9. The molecule has 1 aliphatic rings. The molecular formula is C24H20BrN3OS. The number of carbonyl (C=O) groups is 1. The van der Waals surface area contributed by atoms with Crippen LogP contribution in [0.25, 0.3) is 10.2 Å². The average Bonchev–Trinajstić information content (AvgIpc) is 3.09. The van der Waals surface area contributed by atoms with Crippen molar-refractivity contribution >= 4 is 54.8 Å². The lowest BCUT2D eigenvalue weighted by Gasteiger charge is -2.24. The Balaban J connectivity index is 1.47. The smallest absolute Gasteiger partial charge is 0.267 e. The van der Waals surface area contributed by atoms with E-state index in [-0.39, 0.29) is 5.91 Å². The number of aryl methyl sites for hydroxylation is 1. The second-order valence-electron chi connectivity index (χ2n) is 7.58. The Labute approximate surface area is 187 Å². The highest BCUT2D eigenvalue weighted by atomic mass is 79.9. The number of halogens is 1. The van der Waals surface area contributed by atoms with E-state index in [0.717, 1.165) is 45.3 Å². The van der Waals surface area contributed by atoms with Crippen molar-refractivity contribution in [2.45, 2.75) is 25.2 Å². The number of rotatable bonds is 3. The van der Waals surface area contributed by atoms with Crippen LogP contribution in [0.1, 0.15) is 38.8 Å². The van der Waals surface area contributed by atoms with Crippen LogP contribution in [0.3, 0.4) is 0 Å². The number of nitrogen functional groups attached to an aromatic ring is 1. The van der Waals surface area contributed by atoms with Crippen molar-refractivity contribution in [2.24, 2.45) is 0 Å². The summed E-state index contributed by atoms with van der Waals surface area (Å²) in [6, 6.07) is 20.3. The number of hydrogen-bond donors (Lipinski definition) is 2. The fraction of sp³-hybridized carbons (Fsp3) is 0.167. The molecule has 1 atom stereocenters. The van der Waals surface area contributed by atoms with Crippen LogP contribution in [0.5, 0.6) is 0 Å². The van der Waals surface area contributed by atoms with Gasteiger partial charge in [0.2, 0.25) is 0 Å². The van der Waals surface area contributed by atoms with Gasteiger partial charge in [0.05, 0.1) is 11.4 Å². The molecule has 150 valence electrons. The SMILES string of the molecule is Nc1c(C(=O)Nc2ccccc2Br)sc2nc3c(cc12)CC(c1ccccc1)CC3. The predicted octanol–water partition coefficient (Wildman–Crippen LogP) is 6.17. The number of nitrogens with one attached hydrogen (secondary N) is 1. The summed E-state index contributed by atoms with van der Waals surface area (Å²) in [5.41, 5.74) is 11.4. The number of amides is 1. The molecule has 0 aliphatic heterocycles. The van der Waals surface area contributed by atoms with Crippen LogP contribution in [0.4, 0.5) is 11.4 Å². The largest absolute Gasteiger partial charge is 0.397 e. The van der Waals surface area contributed by atoms with E-state index in [0.29, 0.717) is 16.5 Å². The van der Waals surface area contributed by atoms with E-state index in [1.54, 1.807) is 0 Å². The molecule has 0 spiro atoms. The van der Waals surface area contributed by atoms with Crippen LogP contribution in [0.2, 0.25) is 0 Å². The van der Waals surface area contributed by atoms with Crippen molar-refractivity contribution in [1.82, 2.24) is 4.98 Å². The number of anilines is 2. The molecule has 1 amide bonds. The second kappa shape index (κ2) is 7.85. The number of para-hydroxylation sites is 1. The van der Waals surface area contributed by atoms with E-state index in [1.165, 1.54) is 22.5 Å². The molecule has 3 N–H and O–H groups in total. The van der Waals surface area contributed by atoms with Gasteiger partial charge in [-0.3, -0.25) is 4.79 Å². The summed E-state index contributed by atoms with van der Waals surface area (Å²) in [6.45, 7) is 0. The Bertz CT molecular complexity index is 1250. The number of fused-ring (bicyclic) bond motifs is 2. The molecule has 0 saturated carbocycles. The first-order valence-corrected chi connectivity index (χ1v) is 11.5. The van der Waals surface area contributed by atoms with Gasteiger partial charge < -0.3 is 11.1 Å². The number of pyridine rings is 1. The van der Waals surface area contributed by atoms with Crippen LogP contribution in [-0.4, -0.2) is 10.9 Å². The van der Waals surface area contributed by atoms with Crippen molar-refractivity contribution in [3.63, 3.8) is 0 Å². The number of benzene rings is 2. The summed E-state index contributed by atoms with van der Waals surface area (Å²) in [4.78, 5) is 19.1. The van der Waals surface area contributed by atoms with Crippen LogP contribution in [-0.2, 0) is 12.8 Å². The van der Waals surface area contributed by atoms with Crippen molar-refractivity contribution in [3.8, 4) is 0 Å². The van der Waals surface area contributed by atoms with E-state index in [2.05, 4.69) is 57.6 Å². The molecule has 4 nitrogen and oxygen atoms in total. The van der Waals surface area contributed by atoms with Gasteiger partial charge in [0.25, 0.3) is 5.91 Å². The van der Waals surface area contributed by atoms with Gasteiger partial charge in [-0.25, -0.2) is 4.98 Å². The lowest BCUT2D eigenvalue weighted by atomic mass is 9.82. The number of hydrogen-bond acceptors (Lipinski definition) is 4. The Morgan fingerprint density at radius 2 is 1.90 bits per heavy atom. The third-order valence-electron chi connectivity index (χ3n) is 5.68. The minimum atomic E-state index is -0.206. The van der Waals surface area contributed by atoms with Gasteiger partial charge in [-0.15, -0.1) is 11.3 Å². The number of carbonyl (C=O) groups excluding carboxylic acids is 1. The standard InChI is InChI=1S/C24H20BrN3OS/c25-18-8-4-5-9-20(18)27-23(29)22-21(26)17-13-16-12-15(14-6-2-1-3-7-14)10-11-19(16)28-24(17)30-22/h1-9,13,15H,10-12,26H2,(H,27,29). The van der Waals surface area contributed by atoms with Crippen LogP contribution < -0.4 is 11.1 Å². The van der Waals surface area contributed by atoms with Crippen molar-refractivity contribution in [1.29, 1.82) is 0 Å². The average molecular weight is 478 g/mol. The molecule has 30 heavy (non-hydrogen) atoms. The molecule has 2 aromatic heterocycles. The van der Waals surface area contributed by atoms with Crippen LogP contribution in [0.15, 0.2) is 65.1 Å². The Hall–Kier alpha value is -2.70.